The average Bonchev–Trinajstić information content (AvgIpc) is 3.50. The molecule has 0 bridgehead atoms. The third-order valence-electron chi connectivity index (χ3n) is 6.51. The van der Waals surface area contributed by atoms with E-state index in [1.165, 1.54) is 0 Å². The summed E-state index contributed by atoms with van der Waals surface area (Å²) in [6.45, 7) is 2.38. The van der Waals surface area contributed by atoms with Crippen LogP contribution in [0.4, 0.5) is 0 Å². The highest BCUT2D eigenvalue weighted by atomic mass is 35.5. The van der Waals surface area contributed by atoms with Crippen LogP contribution in [0.5, 0.6) is 11.5 Å². The lowest BCUT2D eigenvalue weighted by molar-refractivity contribution is -0.141. The van der Waals surface area contributed by atoms with E-state index in [4.69, 9.17) is 32.7 Å². The molecule has 0 radical (unpaired) electrons. The number of halogens is 2. The van der Waals surface area contributed by atoms with Crippen molar-refractivity contribution >= 4 is 35.0 Å². The first-order chi connectivity index (χ1) is 16.4. The van der Waals surface area contributed by atoms with Crippen molar-refractivity contribution in [3.8, 4) is 11.5 Å². The van der Waals surface area contributed by atoms with Gasteiger partial charge in [0.15, 0.2) is 11.5 Å². The maximum Gasteiger partial charge on any atom is 0.243 e. The second kappa shape index (κ2) is 11.3. The lowest BCUT2D eigenvalue weighted by atomic mass is 10.1. The van der Waals surface area contributed by atoms with Gasteiger partial charge in [-0.15, -0.1) is 0 Å². The molecule has 2 aromatic carbocycles. The average molecular weight is 505 g/mol. The first-order valence-electron chi connectivity index (χ1n) is 11.9. The standard InChI is InChI=1S/C26H30Cl2N2O4/c1-2-22(26(32)29-20-5-3-4-6-20)30(15-18-9-10-19(27)14-21(18)28)25(31)12-8-17-7-11-23-24(13-17)34-16-33-23/h7,9-11,13-14,20,22H,2-6,8,12,15-16H2,1H3,(H,29,32). The number of ether oxygens (including phenoxy) is 2. The van der Waals surface area contributed by atoms with E-state index >= 15 is 0 Å². The van der Waals surface area contributed by atoms with Crippen LogP contribution in [-0.2, 0) is 22.6 Å². The third kappa shape index (κ3) is 5.97. The molecule has 2 aliphatic rings. The highest BCUT2D eigenvalue weighted by Crippen LogP contribution is 2.33. The Bertz CT molecular complexity index is 1040. The number of carbonyl (C=O) groups excluding carboxylic acids is 2. The monoisotopic (exact) mass is 504 g/mol. The van der Waals surface area contributed by atoms with E-state index in [1.54, 1.807) is 17.0 Å². The van der Waals surface area contributed by atoms with Gasteiger partial charge in [0.05, 0.1) is 0 Å². The maximum atomic E-state index is 13.5. The van der Waals surface area contributed by atoms with E-state index in [2.05, 4.69) is 5.32 Å². The summed E-state index contributed by atoms with van der Waals surface area (Å²) in [6, 6.07) is 10.5. The van der Waals surface area contributed by atoms with Crippen molar-refractivity contribution in [2.75, 3.05) is 6.79 Å². The van der Waals surface area contributed by atoms with Gasteiger partial charge in [0, 0.05) is 29.1 Å². The Balaban J connectivity index is 1.51. The summed E-state index contributed by atoms with van der Waals surface area (Å²) in [5.41, 5.74) is 1.74. The third-order valence-corrected chi connectivity index (χ3v) is 7.09. The lowest BCUT2D eigenvalue weighted by Crippen LogP contribution is -2.51. The molecule has 2 amide bonds. The molecule has 8 heteroatoms. The number of nitrogens with zero attached hydrogens (tertiary/aromatic N) is 1. The van der Waals surface area contributed by atoms with Crippen LogP contribution < -0.4 is 14.8 Å². The van der Waals surface area contributed by atoms with Gasteiger partial charge >= 0.3 is 0 Å². The first-order valence-corrected chi connectivity index (χ1v) is 12.6. The van der Waals surface area contributed by atoms with Crippen molar-refractivity contribution in [2.24, 2.45) is 0 Å². The van der Waals surface area contributed by atoms with Crippen LogP contribution in [0.1, 0.15) is 56.6 Å². The fraction of sp³-hybridized carbons (Fsp3) is 0.462. The fourth-order valence-corrected chi connectivity index (χ4v) is 5.08. The van der Waals surface area contributed by atoms with Crippen molar-refractivity contribution in [1.82, 2.24) is 10.2 Å². The molecule has 34 heavy (non-hydrogen) atoms. The fourth-order valence-electron chi connectivity index (χ4n) is 4.61. The molecule has 6 nitrogen and oxygen atoms in total. The van der Waals surface area contributed by atoms with Crippen LogP contribution in [0, 0.1) is 0 Å². The molecular formula is C26H30Cl2N2O4. The predicted molar refractivity (Wildman–Crippen MR) is 132 cm³/mol. The molecule has 1 fully saturated rings. The van der Waals surface area contributed by atoms with Crippen molar-refractivity contribution in [1.29, 1.82) is 0 Å². The number of carbonyl (C=O) groups is 2. The number of amides is 2. The zero-order chi connectivity index (χ0) is 24.1. The van der Waals surface area contributed by atoms with Crippen LogP contribution in [0.3, 0.4) is 0 Å². The number of nitrogens with one attached hydrogen (secondary N) is 1. The maximum absolute atomic E-state index is 13.5. The Hall–Kier alpha value is -2.44. The van der Waals surface area contributed by atoms with Crippen LogP contribution in [0.2, 0.25) is 10.0 Å². The largest absolute Gasteiger partial charge is 0.454 e. The van der Waals surface area contributed by atoms with Gasteiger partial charge in [-0.25, -0.2) is 0 Å². The molecule has 0 aromatic heterocycles. The lowest BCUT2D eigenvalue weighted by Gasteiger charge is -2.32. The van der Waals surface area contributed by atoms with E-state index < -0.39 is 6.04 Å². The number of fused-ring (bicyclic) bond motifs is 1. The molecular weight excluding hydrogens is 475 g/mol. The summed E-state index contributed by atoms with van der Waals surface area (Å²) in [5.74, 6) is 1.20. The summed E-state index contributed by atoms with van der Waals surface area (Å²) < 4.78 is 10.8. The predicted octanol–water partition coefficient (Wildman–Crippen LogP) is 5.52. The molecule has 1 unspecified atom stereocenters. The van der Waals surface area contributed by atoms with Crippen molar-refractivity contribution in [2.45, 2.75) is 70.5 Å². The summed E-state index contributed by atoms with van der Waals surface area (Å²) in [7, 11) is 0. The second-order valence-electron chi connectivity index (χ2n) is 8.86. The topological polar surface area (TPSA) is 67.9 Å². The minimum absolute atomic E-state index is 0.0999. The Morgan fingerprint density at radius 1 is 1.09 bits per heavy atom. The molecule has 1 saturated carbocycles. The van der Waals surface area contributed by atoms with Gasteiger partial charge in [0.2, 0.25) is 18.6 Å². The van der Waals surface area contributed by atoms with Gasteiger partial charge in [0.25, 0.3) is 0 Å². The first kappa shape index (κ1) is 24.7. The van der Waals surface area contributed by atoms with Gasteiger partial charge in [-0.2, -0.15) is 0 Å². The SMILES string of the molecule is CCC(C(=O)NC1CCCC1)N(Cc1ccc(Cl)cc1Cl)C(=O)CCc1ccc2c(c1)OCO2. The molecule has 0 saturated heterocycles. The second-order valence-corrected chi connectivity index (χ2v) is 9.70. The summed E-state index contributed by atoms with van der Waals surface area (Å²) in [4.78, 5) is 28.4. The molecule has 1 atom stereocenters. The van der Waals surface area contributed by atoms with Crippen LogP contribution in [0.15, 0.2) is 36.4 Å². The number of hydrogen-bond donors (Lipinski definition) is 1. The zero-order valence-electron chi connectivity index (χ0n) is 19.3. The molecule has 1 aliphatic heterocycles. The number of benzene rings is 2. The molecule has 4 rings (SSSR count). The van der Waals surface area contributed by atoms with E-state index in [9.17, 15) is 9.59 Å². The molecule has 182 valence electrons. The normalized spacial score (nSPS) is 15.9. The summed E-state index contributed by atoms with van der Waals surface area (Å²) in [6.07, 6.45) is 5.53. The van der Waals surface area contributed by atoms with Gasteiger partial charge < -0.3 is 19.7 Å². The van der Waals surface area contributed by atoms with E-state index in [0.29, 0.717) is 34.4 Å². The van der Waals surface area contributed by atoms with Crippen molar-refractivity contribution in [3.05, 3.63) is 57.6 Å². The summed E-state index contributed by atoms with van der Waals surface area (Å²) in [5, 5.41) is 4.17. The molecule has 1 N–H and O–H groups in total. The Morgan fingerprint density at radius 2 is 1.85 bits per heavy atom. The molecule has 0 spiro atoms. The number of hydrogen-bond acceptors (Lipinski definition) is 4. The van der Waals surface area contributed by atoms with Crippen molar-refractivity contribution < 1.29 is 19.1 Å². The van der Waals surface area contributed by atoms with E-state index in [-0.39, 0.29) is 37.6 Å². The van der Waals surface area contributed by atoms with Crippen molar-refractivity contribution in [3.63, 3.8) is 0 Å². The Morgan fingerprint density at radius 3 is 2.59 bits per heavy atom. The van der Waals surface area contributed by atoms with Crippen LogP contribution in [-0.4, -0.2) is 35.6 Å². The summed E-state index contributed by atoms with van der Waals surface area (Å²) >= 11 is 12.5. The zero-order valence-corrected chi connectivity index (χ0v) is 20.8. The van der Waals surface area contributed by atoms with Gasteiger partial charge in [0.1, 0.15) is 6.04 Å². The highest BCUT2D eigenvalue weighted by molar-refractivity contribution is 6.35. The molecule has 2 aromatic rings. The number of aryl methyl sites for hydroxylation is 1. The molecule has 1 aliphatic carbocycles. The quantitative estimate of drug-likeness (QED) is 0.487. The Labute approximate surface area is 210 Å². The molecule has 1 heterocycles. The van der Waals surface area contributed by atoms with Gasteiger partial charge in [-0.1, -0.05) is 55.1 Å². The van der Waals surface area contributed by atoms with Gasteiger partial charge in [-0.05, 0) is 61.1 Å². The smallest absolute Gasteiger partial charge is 0.243 e. The number of rotatable bonds is 9. The van der Waals surface area contributed by atoms with E-state index in [1.807, 2.05) is 31.2 Å². The minimum atomic E-state index is -0.573. The van der Waals surface area contributed by atoms with Crippen LogP contribution in [0.25, 0.3) is 0 Å². The highest BCUT2D eigenvalue weighted by Gasteiger charge is 2.31. The van der Waals surface area contributed by atoms with E-state index in [0.717, 1.165) is 36.8 Å². The Kier molecular flexibility index (Phi) is 8.22. The van der Waals surface area contributed by atoms with Crippen LogP contribution >= 0.6 is 23.2 Å². The minimum Gasteiger partial charge on any atom is -0.454 e. The van der Waals surface area contributed by atoms with Gasteiger partial charge in [-0.3, -0.25) is 9.59 Å².